The van der Waals surface area contributed by atoms with Crippen molar-refractivity contribution in [3.63, 3.8) is 0 Å². The number of benzene rings is 1. The first-order valence-electron chi connectivity index (χ1n) is 5.72. The van der Waals surface area contributed by atoms with Crippen molar-refractivity contribution in [2.45, 2.75) is 25.7 Å². The van der Waals surface area contributed by atoms with Gasteiger partial charge in [0.15, 0.2) is 0 Å². The van der Waals surface area contributed by atoms with E-state index >= 15 is 0 Å². The number of rotatable bonds is 6. The molecular weight excluding hydrogens is 252 g/mol. The lowest BCUT2D eigenvalue weighted by Gasteiger charge is -2.22. The second-order valence-electron chi connectivity index (χ2n) is 5.13. The van der Waals surface area contributed by atoms with Crippen LogP contribution < -0.4 is 0 Å². The van der Waals surface area contributed by atoms with Gasteiger partial charge in [0.1, 0.15) is 0 Å². The minimum atomic E-state index is -3.68. The average Bonchev–Trinajstić information content (AvgIpc) is 2.27. The summed E-state index contributed by atoms with van der Waals surface area (Å²) in [6.07, 6.45) is 0. The summed E-state index contributed by atoms with van der Waals surface area (Å²) in [4.78, 5) is 0.182. The Labute approximate surface area is 109 Å². The normalized spacial score (nSPS) is 12.7. The summed E-state index contributed by atoms with van der Waals surface area (Å²) in [5, 5.41) is 0. The van der Waals surface area contributed by atoms with Crippen LogP contribution in [0.5, 0.6) is 0 Å². The fourth-order valence-corrected chi connectivity index (χ4v) is 2.52. The monoisotopic (exact) mass is 272 g/mol. The van der Waals surface area contributed by atoms with Crippen LogP contribution in [-0.2, 0) is 19.0 Å². The number of aryl methyl sites for hydroxylation is 1. The maximum atomic E-state index is 11.9. The van der Waals surface area contributed by atoms with Crippen molar-refractivity contribution in [3.8, 4) is 0 Å². The average molecular weight is 272 g/mol. The Balaban J connectivity index is 2.74. The smallest absolute Gasteiger partial charge is 0.296 e. The maximum absolute atomic E-state index is 11.9. The van der Waals surface area contributed by atoms with Gasteiger partial charge >= 0.3 is 0 Å². The molecule has 102 valence electrons. The lowest BCUT2D eigenvalue weighted by atomic mass is 9.97. The van der Waals surface area contributed by atoms with Crippen LogP contribution in [0.25, 0.3) is 0 Å². The van der Waals surface area contributed by atoms with Crippen LogP contribution in [0.4, 0.5) is 0 Å². The molecule has 0 atom stereocenters. The third kappa shape index (κ3) is 4.40. The largest absolute Gasteiger partial charge is 0.384 e. The molecule has 0 radical (unpaired) electrons. The molecule has 4 nitrogen and oxygen atoms in total. The molecule has 0 unspecified atom stereocenters. The zero-order valence-electron chi connectivity index (χ0n) is 11.3. The minimum Gasteiger partial charge on any atom is -0.384 e. The molecule has 1 rings (SSSR count). The first kappa shape index (κ1) is 15.1. The Hall–Kier alpha value is -0.910. The predicted octanol–water partition coefficient (Wildman–Crippen LogP) is 2.37. The zero-order valence-corrected chi connectivity index (χ0v) is 12.1. The molecule has 0 saturated heterocycles. The molecule has 0 N–H and O–H groups in total. The summed E-state index contributed by atoms with van der Waals surface area (Å²) in [5.74, 6) is 0. The SMILES string of the molecule is COCC(C)(C)COS(=O)(=O)c1ccc(C)cc1. The molecule has 1 aromatic carbocycles. The third-order valence-corrected chi connectivity index (χ3v) is 3.73. The standard InChI is InChI=1S/C13H20O4S/c1-11-5-7-12(8-6-11)18(14,15)17-10-13(2,3)9-16-4/h5-8H,9-10H2,1-4H3. The van der Waals surface area contributed by atoms with Crippen molar-refractivity contribution < 1.29 is 17.3 Å². The summed E-state index contributed by atoms with van der Waals surface area (Å²) in [5.41, 5.74) is 0.667. The molecule has 5 heteroatoms. The first-order valence-corrected chi connectivity index (χ1v) is 7.13. The van der Waals surface area contributed by atoms with E-state index < -0.39 is 10.1 Å². The molecule has 0 heterocycles. The van der Waals surface area contributed by atoms with Gasteiger partial charge in [-0.1, -0.05) is 31.5 Å². The van der Waals surface area contributed by atoms with Gasteiger partial charge in [-0.05, 0) is 19.1 Å². The summed E-state index contributed by atoms with van der Waals surface area (Å²) in [6.45, 7) is 6.22. The van der Waals surface area contributed by atoms with Crippen molar-refractivity contribution in [2.24, 2.45) is 5.41 Å². The Morgan fingerprint density at radius 1 is 1.11 bits per heavy atom. The van der Waals surface area contributed by atoms with Gasteiger partial charge in [0.25, 0.3) is 10.1 Å². The van der Waals surface area contributed by atoms with Crippen molar-refractivity contribution >= 4 is 10.1 Å². The van der Waals surface area contributed by atoms with E-state index in [0.717, 1.165) is 5.56 Å². The van der Waals surface area contributed by atoms with Gasteiger partial charge in [-0.15, -0.1) is 0 Å². The van der Waals surface area contributed by atoms with Gasteiger partial charge in [0.05, 0.1) is 18.1 Å². The van der Waals surface area contributed by atoms with Crippen LogP contribution in [-0.4, -0.2) is 28.7 Å². The second-order valence-corrected chi connectivity index (χ2v) is 6.74. The minimum absolute atomic E-state index is 0.0943. The molecule has 18 heavy (non-hydrogen) atoms. The quantitative estimate of drug-likeness (QED) is 0.746. The molecule has 0 aliphatic carbocycles. The molecular formula is C13H20O4S. The summed E-state index contributed by atoms with van der Waals surface area (Å²) < 4.78 is 33.9. The Bertz CT molecular complexity index is 474. The number of methoxy groups -OCH3 is 1. The number of hydrogen-bond donors (Lipinski definition) is 0. The highest BCUT2D eigenvalue weighted by atomic mass is 32.2. The van der Waals surface area contributed by atoms with Gasteiger partial charge in [0.2, 0.25) is 0 Å². The Morgan fingerprint density at radius 3 is 2.17 bits per heavy atom. The van der Waals surface area contributed by atoms with E-state index in [2.05, 4.69) is 0 Å². The van der Waals surface area contributed by atoms with E-state index in [9.17, 15) is 8.42 Å². The van der Waals surface area contributed by atoms with Crippen LogP contribution in [0.15, 0.2) is 29.2 Å². The van der Waals surface area contributed by atoms with Gasteiger partial charge in [-0.25, -0.2) is 0 Å². The molecule has 0 saturated carbocycles. The maximum Gasteiger partial charge on any atom is 0.296 e. The van der Waals surface area contributed by atoms with Crippen LogP contribution >= 0.6 is 0 Å². The highest BCUT2D eigenvalue weighted by Gasteiger charge is 2.23. The van der Waals surface area contributed by atoms with Crippen molar-refractivity contribution in [2.75, 3.05) is 20.3 Å². The fourth-order valence-electron chi connectivity index (χ4n) is 1.44. The van der Waals surface area contributed by atoms with E-state index in [0.29, 0.717) is 6.61 Å². The van der Waals surface area contributed by atoms with Gasteiger partial charge in [-0.2, -0.15) is 8.42 Å². The molecule has 0 aliphatic heterocycles. The van der Waals surface area contributed by atoms with E-state index in [1.54, 1.807) is 31.4 Å². The van der Waals surface area contributed by atoms with Crippen LogP contribution in [0.1, 0.15) is 19.4 Å². The van der Waals surface area contributed by atoms with E-state index in [4.69, 9.17) is 8.92 Å². The lowest BCUT2D eigenvalue weighted by Crippen LogP contribution is -2.26. The highest BCUT2D eigenvalue weighted by molar-refractivity contribution is 7.86. The predicted molar refractivity (Wildman–Crippen MR) is 70.0 cm³/mol. The number of ether oxygens (including phenoxy) is 1. The summed E-state index contributed by atoms with van der Waals surface area (Å²) >= 11 is 0. The molecule has 1 aromatic rings. The Kier molecular flexibility index (Phi) is 4.90. The van der Waals surface area contributed by atoms with Crippen molar-refractivity contribution in [1.82, 2.24) is 0 Å². The molecule has 0 amide bonds. The molecule has 0 aromatic heterocycles. The fraction of sp³-hybridized carbons (Fsp3) is 0.538. The van der Waals surface area contributed by atoms with Crippen LogP contribution in [0.3, 0.4) is 0 Å². The van der Waals surface area contributed by atoms with Gasteiger partial charge in [0, 0.05) is 12.5 Å². The molecule has 0 fully saturated rings. The zero-order chi connectivity index (χ0) is 13.8. The number of hydrogen-bond acceptors (Lipinski definition) is 4. The topological polar surface area (TPSA) is 52.6 Å². The van der Waals surface area contributed by atoms with Crippen LogP contribution in [0.2, 0.25) is 0 Å². The first-order chi connectivity index (χ1) is 8.27. The third-order valence-electron chi connectivity index (χ3n) is 2.45. The molecule has 0 spiro atoms. The van der Waals surface area contributed by atoms with Crippen molar-refractivity contribution in [1.29, 1.82) is 0 Å². The summed E-state index contributed by atoms with van der Waals surface area (Å²) in [6, 6.07) is 6.59. The molecule has 0 bridgehead atoms. The van der Waals surface area contributed by atoms with Gasteiger partial charge < -0.3 is 4.74 Å². The van der Waals surface area contributed by atoms with E-state index in [1.807, 2.05) is 20.8 Å². The molecule has 0 aliphatic rings. The lowest BCUT2D eigenvalue weighted by molar-refractivity contribution is 0.0666. The van der Waals surface area contributed by atoms with Gasteiger partial charge in [-0.3, -0.25) is 4.18 Å². The van der Waals surface area contributed by atoms with E-state index in [-0.39, 0.29) is 16.9 Å². The van der Waals surface area contributed by atoms with E-state index in [1.165, 1.54) is 0 Å². The van der Waals surface area contributed by atoms with Crippen molar-refractivity contribution in [3.05, 3.63) is 29.8 Å². The van der Waals surface area contributed by atoms with Crippen LogP contribution in [0, 0.1) is 12.3 Å². The Morgan fingerprint density at radius 2 is 1.67 bits per heavy atom. The highest BCUT2D eigenvalue weighted by Crippen LogP contribution is 2.20. The second kappa shape index (κ2) is 5.82. The summed E-state index contributed by atoms with van der Waals surface area (Å²) in [7, 11) is -2.10.